The summed E-state index contributed by atoms with van der Waals surface area (Å²) in [6, 6.07) is 12.5. The highest BCUT2D eigenvalue weighted by atomic mass is 35.5. The number of aromatic amines is 1. The Labute approximate surface area is 209 Å². The Morgan fingerprint density at radius 3 is 2.58 bits per heavy atom. The van der Waals surface area contributed by atoms with Crippen LogP contribution in [-0.4, -0.2) is 59.9 Å². The normalized spacial score (nSPS) is 11.9. The molecule has 0 fully saturated rings. The molecule has 0 aliphatic carbocycles. The molecule has 0 aliphatic heterocycles. The van der Waals surface area contributed by atoms with Crippen LogP contribution in [0.3, 0.4) is 0 Å². The summed E-state index contributed by atoms with van der Waals surface area (Å²) < 4.78 is 14.2. The molecule has 0 saturated carbocycles. The van der Waals surface area contributed by atoms with Gasteiger partial charge in [0.1, 0.15) is 22.9 Å². The lowest BCUT2D eigenvalue weighted by molar-refractivity contribution is -0.148. The van der Waals surface area contributed by atoms with Crippen molar-refractivity contribution in [1.29, 1.82) is 0 Å². The molecule has 2 heterocycles. The lowest BCUT2D eigenvalue weighted by Crippen LogP contribution is -2.47. The molecule has 0 bridgehead atoms. The molecule has 0 aliphatic rings. The molecule has 0 spiro atoms. The highest BCUT2D eigenvalue weighted by Gasteiger charge is 2.22. The number of aromatic nitrogens is 4. The molecule has 1 unspecified atom stereocenters. The van der Waals surface area contributed by atoms with Crippen molar-refractivity contribution < 1.29 is 24.2 Å². The average Bonchev–Trinajstić information content (AvgIpc) is 3.37. The molecular weight excluding hydrogens is 491 g/mol. The van der Waals surface area contributed by atoms with Crippen LogP contribution in [0.5, 0.6) is 0 Å². The Kier molecular flexibility index (Phi) is 7.64. The van der Waals surface area contributed by atoms with Crippen LogP contribution in [0.4, 0.5) is 4.39 Å². The van der Waals surface area contributed by atoms with E-state index in [2.05, 4.69) is 25.6 Å². The first kappa shape index (κ1) is 24.9. The minimum atomic E-state index is -1.75. The zero-order valence-electron chi connectivity index (χ0n) is 18.6. The maximum absolute atomic E-state index is 14.2. The lowest BCUT2D eigenvalue weighted by Gasteiger charge is -2.24. The van der Waals surface area contributed by atoms with E-state index < -0.39 is 30.3 Å². The molecular formula is C24H20ClFN6O4. The molecule has 2 aromatic heterocycles. The summed E-state index contributed by atoms with van der Waals surface area (Å²) in [5.74, 6) is -2.47. The van der Waals surface area contributed by atoms with Crippen LogP contribution < -0.4 is 5.43 Å². The van der Waals surface area contributed by atoms with Gasteiger partial charge < -0.3 is 10.2 Å². The third-order valence-corrected chi connectivity index (χ3v) is 5.39. The first-order valence-electron chi connectivity index (χ1n) is 10.6. The summed E-state index contributed by atoms with van der Waals surface area (Å²) >= 11 is 5.98. The van der Waals surface area contributed by atoms with Crippen molar-refractivity contribution in [2.75, 3.05) is 6.54 Å². The Hall–Kier alpha value is -4.19. The molecule has 10 nitrogen and oxygen atoms in total. The molecule has 0 radical (unpaired) electrons. The maximum Gasteiger partial charge on any atom is 0.333 e. The molecule has 4 N–H and O–H groups in total. The predicted molar refractivity (Wildman–Crippen MR) is 128 cm³/mol. The Morgan fingerprint density at radius 1 is 1.11 bits per heavy atom. The van der Waals surface area contributed by atoms with E-state index in [0.717, 1.165) is 0 Å². The van der Waals surface area contributed by atoms with Crippen molar-refractivity contribution in [2.24, 2.45) is 0 Å². The predicted octanol–water partition coefficient (Wildman–Crippen LogP) is 2.92. The number of carboxylic acids is 1. The van der Waals surface area contributed by atoms with Crippen LogP contribution in [0, 0.1) is 5.82 Å². The van der Waals surface area contributed by atoms with E-state index >= 15 is 0 Å². The fourth-order valence-corrected chi connectivity index (χ4v) is 3.54. The summed E-state index contributed by atoms with van der Waals surface area (Å²) in [5, 5.41) is 27.3. The van der Waals surface area contributed by atoms with Crippen molar-refractivity contribution in [2.45, 2.75) is 12.6 Å². The molecule has 4 aromatic rings. The monoisotopic (exact) mass is 510 g/mol. The average molecular weight is 511 g/mol. The zero-order chi connectivity index (χ0) is 25.7. The third-order valence-electron chi connectivity index (χ3n) is 5.15. The van der Waals surface area contributed by atoms with Crippen LogP contribution in [0.2, 0.25) is 5.02 Å². The van der Waals surface area contributed by atoms with Gasteiger partial charge in [-0.25, -0.2) is 14.2 Å². The van der Waals surface area contributed by atoms with E-state index in [1.807, 2.05) is 0 Å². The number of hydrogen-bond donors (Lipinski definition) is 4. The van der Waals surface area contributed by atoms with Gasteiger partial charge in [-0.1, -0.05) is 35.9 Å². The minimum Gasteiger partial charge on any atom is -0.479 e. The molecule has 4 rings (SSSR count). The summed E-state index contributed by atoms with van der Waals surface area (Å²) in [7, 11) is 0. The number of aliphatic hydroxyl groups is 1. The summed E-state index contributed by atoms with van der Waals surface area (Å²) in [4.78, 5) is 32.1. The van der Waals surface area contributed by atoms with Gasteiger partial charge in [-0.15, -0.1) is 0 Å². The van der Waals surface area contributed by atoms with Crippen LogP contribution in [0.1, 0.15) is 16.1 Å². The van der Waals surface area contributed by atoms with Gasteiger partial charge in [0.2, 0.25) is 0 Å². The fraction of sp³-hybridized carbons (Fsp3) is 0.125. The van der Waals surface area contributed by atoms with E-state index in [0.29, 0.717) is 33.1 Å². The van der Waals surface area contributed by atoms with E-state index in [1.54, 1.807) is 24.3 Å². The van der Waals surface area contributed by atoms with Gasteiger partial charge >= 0.3 is 5.97 Å². The second-order valence-corrected chi connectivity index (χ2v) is 8.19. The number of carbonyl (C=O) groups excluding carboxylic acids is 1. The summed E-state index contributed by atoms with van der Waals surface area (Å²) in [6.07, 6.45) is 2.74. The molecule has 1 amide bonds. The largest absolute Gasteiger partial charge is 0.479 e. The van der Waals surface area contributed by atoms with Gasteiger partial charge in [0.25, 0.3) is 5.91 Å². The number of aliphatic carboxylic acids is 1. The standard InChI is InChI=1S/C24H20ClFN6O4/c25-16-5-6-18(26)17(9-16)15-3-1-14(2-4-15)12-32(13-22(33)24(35)36)31-23(34)20-10-19(29-30-20)21-11-27-7-8-28-21/h1-11,22,33H,12-13H2,(H,29,30)(H,31,34)(H,35,36). The molecule has 36 heavy (non-hydrogen) atoms. The van der Waals surface area contributed by atoms with Crippen molar-refractivity contribution in [3.05, 3.63) is 89.2 Å². The number of amides is 1. The van der Waals surface area contributed by atoms with Gasteiger partial charge in [0.05, 0.1) is 12.7 Å². The van der Waals surface area contributed by atoms with Crippen LogP contribution in [0.25, 0.3) is 22.5 Å². The second kappa shape index (κ2) is 11.0. The van der Waals surface area contributed by atoms with Crippen LogP contribution >= 0.6 is 11.6 Å². The van der Waals surface area contributed by atoms with Gasteiger partial charge in [-0.3, -0.25) is 25.3 Å². The quantitative estimate of drug-likeness (QED) is 0.252. The Balaban J connectivity index is 1.50. The smallest absolute Gasteiger partial charge is 0.333 e. The van der Waals surface area contributed by atoms with Crippen LogP contribution in [-0.2, 0) is 11.3 Å². The van der Waals surface area contributed by atoms with Crippen molar-refractivity contribution >= 4 is 23.5 Å². The van der Waals surface area contributed by atoms with Crippen molar-refractivity contribution in [3.63, 3.8) is 0 Å². The number of rotatable bonds is 9. The van der Waals surface area contributed by atoms with Gasteiger partial charge in [-0.05, 0) is 35.4 Å². The van der Waals surface area contributed by atoms with E-state index in [1.165, 1.54) is 47.9 Å². The van der Waals surface area contributed by atoms with Gasteiger partial charge in [0.15, 0.2) is 6.10 Å². The number of carbonyl (C=O) groups is 2. The minimum absolute atomic E-state index is 0.0551. The number of hydrazine groups is 1. The molecule has 184 valence electrons. The molecule has 0 saturated heterocycles. The van der Waals surface area contributed by atoms with Crippen molar-refractivity contribution in [1.82, 2.24) is 30.6 Å². The number of aliphatic hydroxyl groups excluding tert-OH is 1. The first-order chi connectivity index (χ1) is 17.3. The SMILES string of the molecule is O=C(NN(Cc1ccc(-c2cc(Cl)ccc2F)cc1)CC(O)C(=O)O)c1cc(-c2cnccn2)n[nH]1. The Morgan fingerprint density at radius 2 is 1.89 bits per heavy atom. The molecule has 12 heteroatoms. The number of nitrogens with one attached hydrogen (secondary N) is 2. The number of benzene rings is 2. The lowest BCUT2D eigenvalue weighted by atomic mass is 10.0. The van der Waals surface area contributed by atoms with Gasteiger partial charge in [-0.2, -0.15) is 5.10 Å². The summed E-state index contributed by atoms with van der Waals surface area (Å²) in [5.41, 5.74) is 5.13. The van der Waals surface area contributed by atoms with E-state index in [-0.39, 0.29) is 12.2 Å². The van der Waals surface area contributed by atoms with Crippen molar-refractivity contribution in [3.8, 4) is 22.5 Å². The van der Waals surface area contributed by atoms with E-state index in [4.69, 9.17) is 16.7 Å². The first-order valence-corrected chi connectivity index (χ1v) is 11.0. The fourth-order valence-electron chi connectivity index (χ4n) is 3.37. The number of halogens is 2. The number of nitrogens with zero attached hydrogens (tertiary/aromatic N) is 4. The molecule has 2 aromatic carbocycles. The highest BCUT2D eigenvalue weighted by Crippen LogP contribution is 2.26. The Bertz CT molecular complexity index is 1370. The summed E-state index contributed by atoms with van der Waals surface area (Å²) in [6.45, 7) is -0.337. The second-order valence-electron chi connectivity index (χ2n) is 7.75. The molecule has 1 atom stereocenters. The number of carboxylic acid groups (broad SMARTS) is 1. The number of hydrogen-bond acceptors (Lipinski definition) is 7. The van der Waals surface area contributed by atoms with Gasteiger partial charge in [0, 0.05) is 29.5 Å². The topological polar surface area (TPSA) is 144 Å². The van der Waals surface area contributed by atoms with E-state index in [9.17, 15) is 19.1 Å². The zero-order valence-corrected chi connectivity index (χ0v) is 19.4. The number of H-pyrrole nitrogens is 1. The maximum atomic E-state index is 14.2. The third kappa shape index (κ3) is 6.08. The van der Waals surface area contributed by atoms with Crippen LogP contribution in [0.15, 0.2) is 67.1 Å². The highest BCUT2D eigenvalue weighted by molar-refractivity contribution is 6.30.